The van der Waals surface area contributed by atoms with Gasteiger partial charge in [0.25, 0.3) is 5.91 Å². The second-order valence-electron chi connectivity index (χ2n) is 7.04. The molecule has 0 aliphatic carbocycles. The van der Waals surface area contributed by atoms with Gasteiger partial charge in [0.2, 0.25) is 0 Å². The topological polar surface area (TPSA) is 59.4 Å². The first kappa shape index (κ1) is 21.8. The molecule has 1 amide bonds. The number of ether oxygens (including phenoxy) is 1. The van der Waals surface area contributed by atoms with Crippen LogP contribution in [0.2, 0.25) is 0 Å². The number of carbonyl (C=O) groups is 1. The van der Waals surface area contributed by atoms with Crippen LogP contribution in [0.1, 0.15) is 22.2 Å². The molecule has 4 rings (SSSR count). The Morgan fingerprint density at radius 1 is 1.20 bits per heavy atom. The fraction of sp³-hybridized carbons (Fsp3) is 0.273. The van der Waals surface area contributed by atoms with Crippen LogP contribution in [0.4, 0.5) is 4.39 Å². The number of benzene rings is 2. The van der Waals surface area contributed by atoms with Crippen LogP contribution in [0.5, 0.6) is 5.75 Å². The molecule has 158 valence electrons. The van der Waals surface area contributed by atoms with Crippen molar-refractivity contribution >= 4 is 18.3 Å². The van der Waals surface area contributed by atoms with Gasteiger partial charge >= 0.3 is 0 Å². The molecule has 1 aliphatic rings. The maximum absolute atomic E-state index is 14.9. The molecule has 6 nitrogen and oxygen atoms in total. The van der Waals surface area contributed by atoms with E-state index in [4.69, 9.17) is 4.74 Å². The van der Waals surface area contributed by atoms with Gasteiger partial charge in [-0.3, -0.25) is 4.79 Å². The number of methoxy groups -OCH3 is 1. The smallest absolute Gasteiger partial charge is 0.257 e. The van der Waals surface area contributed by atoms with Crippen molar-refractivity contribution in [1.82, 2.24) is 19.8 Å². The van der Waals surface area contributed by atoms with E-state index in [1.54, 1.807) is 30.3 Å². The zero-order valence-corrected chi connectivity index (χ0v) is 17.7. The third kappa shape index (κ3) is 4.17. The summed E-state index contributed by atoms with van der Waals surface area (Å²) in [6.45, 7) is 1.75. The predicted molar refractivity (Wildman–Crippen MR) is 115 cm³/mol. The molecule has 1 fully saturated rings. The fourth-order valence-corrected chi connectivity index (χ4v) is 3.68. The summed E-state index contributed by atoms with van der Waals surface area (Å²) in [5, 5.41) is 3.29. The first-order chi connectivity index (χ1) is 14.1. The standard InChI is InChI=1S/C22H23FN4O2.ClH/c1-26-11-10-25-21(26)20-14-24-9-12-27(20)22(28)18-8-5-16(13-19(18)23)15-3-6-17(29-2)7-4-15;/h3-8,10-11,13,20,24H,9,12,14H2,1-2H3;1H. The molecule has 2 aromatic carbocycles. The minimum absolute atomic E-state index is 0. The van der Waals surface area contributed by atoms with Crippen molar-refractivity contribution in [3.8, 4) is 16.9 Å². The van der Waals surface area contributed by atoms with Gasteiger partial charge in [-0.1, -0.05) is 18.2 Å². The number of imidazole rings is 1. The van der Waals surface area contributed by atoms with Crippen molar-refractivity contribution in [3.05, 3.63) is 72.1 Å². The fourth-order valence-electron chi connectivity index (χ4n) is 3.68. The van der Waals surface area contributed by atoms with Crippen LogP contribution < -0.4 is 10.1 Å². The number of amides is 1. The number of rotatable bonds is 4. The van der Waals surface area contributed by atoms with Crippen LogP contribution in [0.15, 0.2) is 54.9 Å². The summed E-state index contributed by atoms with van der Waals surface area (Å²) < 4.78 is 22.0. The molecular weight excluding hydrogens is 407 g/mol. The zero-order chi connectivity index (χ0) is 20.4. The first-order valence-corrected chi connectivity index (χ1v) is 9.51. The molecule has 3 aromatic rings. The van der Waals surface area contributed by atoms with E-state index in [9.17, 15) is 9.18 Å². The van der Waals surface area contributed by atoms with Crippen LogP contribution in [0.3, 0.4) is 0 Å². The van der Waals surface area contributed by atoms with Gasteiger partial charge in [0.1, 0.15) is 23.4 Å². The van der Waals surface area contributed by atoms with E-state index in [-0.39, 0.29) is 29.9 Å². The van der Waals surface area contributed by atoms with Crippen molar-refractivity contribution in [1.29, 1.82) is 0 Å². The molecule has 2 heterocycles. The largest absolute Gasteiger partial charge is 0.497 e. The lowest BCUT2D eigenvalue weighted by Gasteiger charge is -2.35. The van der Waals surface area contributed by atoms with Crippen LogP contribution >= 0.6 is 12.4 Å². The Morgan fingerprint density at radius 2 is 1.93 bits per heavy atom. The minimum atomic E-state index is -0.527. The SMILES string of the molecule is COc1ccc(-c2ccc(C(=O)N3CCNCC3c3nccn3C)c(F)c2)cc1.Cl. The first-order valence-electron chi connectivity index (χ1n) is 9.51. The van der Waals surface area contributed by atoms with Gasteiger partial charge in [-0.15, -0.1) is 12.4 Å². The van der Waals surface area contributed by atoms with E-state index in [1.165, 1.54) is 6.07 Å². The normalized spacial score (nSPS) is 16.1. The Kier molecular flexibility index (Phi) is 6.74. The van der Waals surface area contributed by atoms with Crippen molar-refractivity contribution in [2.75, 3.05) is 26.7 Å². The third-order valence-corrected chi connectivity index (χ3v) is 5.28. The number of hydrogen-bond acceptors (Lipinski definition) is 4. The molecule has 0 bridgehead atoms. The Balaban J connectivity index is 0.00000256. The molecule has 1 unspecified atom stereocenters. The molecule has 1 N–H and O–H groups in total. The summed E-state index contributed by atoms with van der Waals surface area (Å²) in [4.78, 5) is 19.3. The van der Waals surface area contributed by atoms with E-state index in [0.29, 0.717) is 25.2 Å². The van der Waals surface area contributed by atoms with Gasteiger partial charge in [0.15, 0.2) is 0 Å². The summed E-state index contributed by atoms with van der Waals surface area (Å²) in [6, 6.07) is 11.9. The van der Waals surface area contributed by atoms with Crippen molar-refractivity contribution in [3.63, 3.8) is 0 Å². The Hall–Kier alpha value is -2.90. The maximum Gasteiger partial charge on any atom is 0.257 e. The quantitative estimate of drug-likeness (QED) is 0.688. The Bertz CT molecular complexity index is 1020. The average Bonchev–Trinajstić information content (AvgIpc) is 3.19. The van der Waals surface area contributed by atoms with Crippen LogP contribution in [-0.2, 0) is 7.05 Å². The number of piperazine rings is 1. The predicted octanol–water partition coefficient (Wildman–Crippen LogP) is 3.44. The lowest BCUT2D eigenvalue weighted by molar-refractivity contribution is 0.0616. The molecule has 30 heavy (non-hydrogen) atoms. The summed E-state index contributed by atoms with van der Waals surface area (Å²) in [7, 11) is 3.49. The Labute approximate surface area is 181 Å². The van der Waals surface area contributed by atoms with Gasteiger partial charge in [0, 0.05) is 39.1 Å². The highest BCUT2D eigenvalue weighted by Gasteiger charge is 2.32. The lowest BCUT2D eigenvalue weighted by atomic mass is 10.0. The van der Waals surface area contributed by atoms with Gasteiger partial charge in [-0.2, -0.15) is 0 Å². The number of halogens is 2. The summed E-state index contributed by atoms with van der Waals surface area (Å²) in [5.41, 5.74) is 1.64. The van der Waals surface area contributed by atoms with E-state index in [0.717, 1.165) is 17.1 Å². The highest BCUT2D eigenvalue weighted by Crippen LogP contribution is 2.27. The molecule has 0 spiro atoms. The van der Waals surface area contributed by atoms with Crippen LogP contribution in [-0.4, -0.2) is 47.1 Å². The highest BCUT2D eigenvalue weighted by atomic mass is 35.5. The van der Waals surface area contributed by atoms with Crippen molar-refractivity contribution in [2.45, 2.75) is 6.04 Å². The second kappa shape index (κ2) is 9.28. The summed E-state index contributed by atoms with van der Waals surface area (Å²) in [6.07, 6.45) is 3.55. The molecule has 8 heteroatoms. The van der Waals surface area contributed by atoms with Crippen LogP contribution in [0.25, 0.3) is 11.1 Å². The Morgan fingerprint density at radius 3 is 2.57 bits per heavy atom. The van der Waals surface area contributed by atoms with Crippen molar-refractivity contribution < 1.29 is 13.9 Å². The number of nitrogens with zero attached hydrogens (tertiary/aromatic N) is 3. The van der Waals surface area contributed by atoms with Crippen molar-refractivity contribution in [2.24, 2.45) is 7.05 Å². The molecule has 1 aliphatic heterocycles. The molecule has 0 saturated carbocycles. The average molecular weight is 431 g/mol. The van der Waals surface area contributed by atoms with E-state index < -0.39 is 5.82 Å². The van der Waals surface area contributed by atoms with Gasteiger partial charge < -0.3 is 19.5 Å². The molecular formula is C22H24ClFN4O2. The summed E-state index contributed by atoms with van der Waals surface area (Å²) >= 11 is 0. The zero-order valence-electron chi connectivity index (χ0n) is 16.8. The lowest BCUT2D eigenvalue weighted by Crippen LogP contribution is -2.49. The van der Waals surface area contributed by atoms with Crippen LogP contribution in [0, 0.1) is 5.82 Å². The van der Waals surface area contributed by atoms with Gasteiger partial charge in [0.05, 0.1) is 12.7 Å². The molecule has 0 radical (unpaired) electrons. The number of carbonyl (C=O) groups excluding carboxylic acids is 1. The third-order valence-electron chi connectivity index (χ3n) is 5.28. The molecule has 1 aromatic heterocycles. The van der Waals surface area contributed by atoms with E-state index >= 15 is 0 Å². The number of nitrogens with one attached hydrogen (secondary N) is 1. The number of hydrogen-bond donors (Lipinski definition) is 1. The monoisotopic (exact) mass is 430 g/mol. The number of aromatic nitrogens is 2. The van der Waals surface area contributed by atoms with E-state index in [2.05, 4.69) is 10.3 Å². The maximum atomic E-state index is 14.9. The van der Waals surface area contributed by atoms with Gasteiger partial charge in [-0.05, 0) is 35.4 Å². The molecule has 1 atom stereocenters. The molecule has 1 saturated heterocycles. The van der Waals surface area contributed by atoms with E-state index in [1.807, 2.05) is 42.1 Å². The summed E-state index contributed by atoms with van der Waals surface area (Å²) in [5.74, 6) is 0.666. The number of aryl methyl sites for hydroxylation is 1. The second-order valence-corrected chi connectivity index (χ2v) is 7.04. The highest BCUT2D eigenvalue weighted by molar-refractivity contribution is 5.95. The minimum Gasteiger partial charge on any atom is -0.497 e. The van der Waals surface area contributed by atoms with Gasteiger partial charge in [-0.25, -0.2) is 9.37 Å².